The first-order valence-corrected chi connectivity index (χ1v) is 6.92. The molecule has 0 atom stereocenters. The fourth-order valence-corrected chi connectivity index (χ4v) is 3.41. The van der Waals surface area contributed by atoms with Crippen LogP contribution in [-0.2, 0) is 0 Å². The highest BCUT2D eigenvalue weighted by atomic mass is 32.1. The third-order valence-corrected chi connectivity index (χ3v) is 4.44. The standard InChI is InChI=1S/C15H13NO3S/c1-8(17)11-7-10-13(18-2)9-5-4-6-16-12(9)14(19-3)15(10)20-11/h4-7H,1-3H3. The van der Waals surface area contributed by atoms with E-state index >= 15 is 0 Å². The Hall–Kier alpha value is -2.14. The van der Waals surface area contributed by atoms with E-state index in [2.05, 4.69) is 4.98 Å². The van der Waals surface area contributed by atoms with Gasteiger partial charge >= 0.3 is 0 Å². The van der Waals surface area contributed by atoms with E-state index in [9.17, 15) is 4.79 Å². The first-order valence-electron chi connectivity index (χ1n) is 6.10. The Morgan fingerprint density at radius 3 is 2.60 bits per heavy atom. The number of ketones is 1. The van der Waals surface area contributed by atoms with E-state index in [1.165, 1.54) is 11.3 Å². The molecule has 0 aliphatic carbocycles. The van der Waals surface area contributed by atoms with Gasteiger partial charge in [-0.25, -0.2) is 0 Å². The maximum Gasteiger partial charge on any atom is 0.169 e. The van der Waals surface area contributed by atoms with Crippen molar-refractivity contribution in [2.75, 3.05) is 14.2 Å². The van der Waals surface area contributed by atoms with Gasteiger partial charge in [-0.15, -0.1) is 11.3 Å². The summed E-state index contributed by atoms with van der Waals surface area (Å²) in [5, 5.41) is 1.77. The van der Waals surface area contributed by atoms with Gasteiger partial charge in [-0.05, 0) is 25.1 Å². The summed E-state index contributed by atoms with van der Waals surface area (Å²) in [7, 11) is 3.24. The van der Waals surface area contributed by atoms with Crippen molar-refractivity contribution < 1.29 is 14.3 Å². The lowest BCUT2D eigenvalue weighted by Gasteiger charge is -2.10. The number of Topliss-reactive ketones (excluding diaryl/α,β-unsaturated/α-hetero) is 1. The van der Waals surface area contributed by atoms with Gasteiger partial charge in [0.25, 0.3) is 0 Å². The zero-order valence-corrected chi connectivity index (χ0v) is 12.2. The van der Waals surface area contributed by atoms with E-state index < -0.39 is 0 Å². The lowest BCUT2D eigenvalue weighted by Crippen LogP contribution is -1.92. The van der Waals surface area contributed by atoms with Gasteiger partial charge in [0.05, 0.1) is 23.8 Å². The zero-order chi connectivity index (χ0) is 14.3. The highest BCUT2D eigenvalue weighted by Crippen LogP contribution is 2.45. The number of hydrogen-bond acceptors (Lipinski definition) is 5. The number of ether oxygens (including phenoxy) is 2. The minimum atomic E-state index is 0.0346. The number of pyridine rings is 1. The third kappa shape index (κ3) is 1.74. The van der Waals surface area contributed by atoms with Gasteiger partial charge in [0.15, 0.2) is 11.5 Å². The molecular formula is C15H13NO3S. The SMILES string of the molecule is COc1c2cccnc2c(OC)c2sc(C(C)=O)cc12. The topological polar surface area (TPSA) is 48.4 Å². The Labute approximate surface area is 120 Å². The maximum absolute atomic E-state index is 11.6. The van der Waals surface area contributed by atoms with Crippen LogP contribution in [-0.4, -0.2) is 25.0 Å². The molecule has 3 aromatic rings. The quantitative estimate of drug-likeness (QED) is 0.690. The number of hydrogen-bond donors (Lipinski definition) is 0. The van der Waals surface area contributed by atoms with E-state index in [1.54, 1.807) is 27.3 Å². The van der Waals surface area contributed by atoms with Gasteiger partial charge in [0.2, 0.25) is 0 Å². The van der Waals surface area contributed by atoms with Gasteiger partial charge in [-0.2, -0.15) is 0 Å². The van der Waals surface area contributed by atoms with Crippen molar-refractivity contribution in [3.05, 3.63) is 29.3 Å². The van der Waals surface area contributed by atoms with E-state index in [1.807, 2.05) is 18.2 Å². The molecule has 0 saturated carbocycles. The number of nitrogens with zero attached hydrogens (tertiary/aromatic N) is 1. The zero-order valence-electron chi connectivity index (χ0n) is 11.4. The Kier molecular flexibility index (Phi) is 3.06. The van der Waals surface area contributed by atoms with Crippen LogP contribution in [0.2, 0.25) is 0 Å². The summed E-state index contributed by atoms with van der Waals surface area (Å²) in [5.41, 5.74) is 0.747. The summed E-state index contributed by atoms with van der Waals surface area (Å²) >= 11 is 1.41. The molecule has 0 bridgehead atoms. The molecule has 20 heavy (non-hydrogen) atoms. The molecule has 102 valence electrons. The Balaban J connectivity index is 2.54. The van der Waals surface area contributed by atoms with Crippen molar-refractivity contribution in [2.24, 2.45) is 0 Å². The Bertz CT molecular complexity index is 762. The van der Waals surface area contributed by atoms with E-state index in [-0.39, 0.29) is 5.78 Å². The Morgan fingerprint density at radius 2 is 1.95 bits per heavy atom. The second kappa shape index (κ2) is 4.76. The summed E-state index contributed by atoms with van der Waals surface area (Å²) < 4.78 is 11.9. The number of carbonyl (C=O) groups excluding carboxylic acids is 1. The smallest absolute Gasteiger partial charge is 0.169 e. The number of methoxy groups -OCH3 is 2. The van der Waals surface area contributed by atoms with Crippen LogP contribution in [0.25, 0.3) is 21.0 Å². The maximum atomic E-state index is 11.6. The van der Waals surface area contributed by atoms with Crippen LogP contribution in [0, 0.1) is 0 Å². The largest absolute Gasteiger partial charge is 0.495 e. The summed E-state index contributed by atoms with van der Waals surface area (Å²) in [6.45, 7) is 1.56. The van der Waals surface area contributed by atoms with Gasteiger partial charge < -0.3 is 9.47 Å². The van der Waals surface area contributed by atoms with Crippen molar-refractivity contribution in [2.45, 2.75) is 6.92 Å². The lowest BCUT2D eigenvalue weighted by molar-refractivity contribution is 0.102. The van der Waals surface area contributed by atoms with Crippen LogP contribution >= 0.6 is 11.3 Å². The first-order chi connectivity index (χ1) is 9.67. The average molecular weight is 287 g/mol. The first kappa shape index (κ1) is 12.9. The molecule has 4 nitrogen and oxygen atoms in total. The molecule has 0 unspecified atom stereocenters. The Morgan fingerprint density at radius 1 is 1.20 bits per heavy atom. The molecule has 0 N–H and O–H groups in total. The molecule has 0 radical (unpaired) electrons. The van der Waals surface area contributed by atoms with Crippen molar-refractivity contribution in [1.29, 1.82) is 0 Å². The van der Waals surface area contributed by atoms with Gasteiger partial charge in [-0.3, -0.25) is 9.78 Å². The van der Waals surface area contributed by atoms with Crippen LogP contribution < -0.4 is 9.47 Å². The van der Waals surface area contributed by atoms with Crippen molar-refractivity contribution in [3.8, 4) is 11.5 Å². The van der Waals surface area contributed by atoms with E-state index in [0.717, 1.165) is 26.7 Å². The highest BCUT2D eigenvalue weighted by Gasteiger charge is 2.19. The molecule has 0 amide bonds. The molecule has 3 rings (SSSR count). The predicted molar refractivity (Wildman–Crippen MR) is 80.2 cm³/mol. The molecule has 2 heterocycles. The second-order valence-corrected chi connectivity index (χ2v) is 5.43. The second-order valence-electron chi connectivity index (χ2n) is 4.38. The molecule has 1 aromatic carbocycles. The van der Waals surface area contributed by atoms with Crippen LogP contribution in [0.3, 0.4) is 0 Å². The monoisotopic (exact) mass is 287 g/mol. The van der Waals surface area contributed by atoms with E-state index in [0.29, 0.717) is 10.6 Å². The number of benzene rings is 1. The number of fused-ring (bicyclic) bond motifs is 2. The number of rotatable bonds is 3. The molecule has 5 heteroatoms. The van der Waals surface area contributed by atoms with E-state index in [4.69, 9.17) is 9.47 Å². The summed E-state index contributed by atoms with van der Waals surface area (Å²) in [4.78, 5) is 16.7. The molecule has 0 aliphatic heterocycles. The minimum Gasteiger partial charge on any atom is -0.495 e. The molecule has 0 saturated heterocycles. The lowest BCUT2D eigenvalue weighted by atomic mass is 10.1. The van der Waals surface area contributed by atoms with Crippen LogP contribution in [0.15, 0.2) is 24.4 Å². The van der Waals surface area contributed by atoms with Crippen LogP contribution in [0.4, 0.5) is 0 Å². The average Bonchev–Trinajstić information content (AvgIpc) is 2.89. The van der Waals surface area contributed by atoms with Crippen molar-refractivity contribution in [1.82, 2.24) is 4.98 Å². The normalized spacial score (nSPS) is 10.9. The summed E-state index contributed by atoms with van der Waals surface area (Å²) in [6, 6.07) is 5.65. The molecule has 2 aromatic heterocycles. The van der Waals surface area contributed by atoms with Crippen molar-refractivity contribution in [3.63, 3.8) is 0 Å². The van der Waals surface area contributed by atoms with Crippen molar-refractivity contribution >= 4 is 38.1 Å². The molecule has 0 fully saturated rings. The van der Waals surface area contributed by atoms with Gasteiger partial charge in [0.1, 0.15) is 11.3 Å². The third-order valence-electron chi connectivity index (χ3n) is 3.21. The fraction of sp³-hybridized carbons (Fsp3) is 0.200. The molecule has 0 aliphatic rings. The van der Waals surface area contributed by atoms with Gasteiger partial charge in [0, 0.05) is 17.0 Å². The minimum absolute atomic E-state index is 0.0346. The number of thiophene rings is 1. The predicted octanol–water partition coefficient (Wildman–Crippen LogP) is 3.67. The van der Waals surface area contributed by atoms with Crippen LogP contribution in [0.1, 0.15) is 16.6 Å². The summed E-state index contributed by atoms with van der Waals surface area (Å²) in [5.74, 6) is 1.45. The van der Waals surface area contributed by atoms with Crippen LogP contribution in [0.5, 0.6) is 11.5 Å². The molecule has 0 spiro atoms. The number of aromatic nitrogens is 1. The van der Waals surface area contributed by atoms with Gasteiger partial charge in [-0.1, -0.05) is 0 Å². The summed E-state index contributed by atoms with van der Waals surface area (Å²) in [6.07, 6.45) is 1.72. The fourth-order valence-electron chi connectivity index (χ4n) is 2.33. The number of carbonyl (C=O) groups is 1. The molecular weight excluding hydrogens is 274 g/mol. The highest BCUT2D eigenvalue weighted by molar-refractivity contribution is 7.21.